The minimum Gasteiger partial charge on any atom is -0.393 e. The van der Waals surface area contributed by atoms with Crippen LogP contribution in [0.4, 0.5) is 0 Å². The highest BCUT2D eigenvalue weighted by molar-refractivity contribution is 7.99. The summed E-state index contributed by atoms with van der Waals surface area (Å²) in [5, 5.41) is 10.5. The van der Waals surface area contributed by atoms with Gasteiger partial charge in [0.2, 0.25) is 0 Å². The van der Waals surface area contributed by atoms with Crippen LogP contribution in [0.3, 0.4) is 0 Å². The van der Waals surface area contributed by atoms with Crippen LogP contribution < -0.4 is 0 Å². The average molecular weight is 229 g/mol. The van der Waals surface area contributed by atoms with E-state index >= 15 is 0 Å². The summed E-state index contributed by atoms with van der Waals surface area (Å²) in [4.78, 5) is 5.66. The molecule has 0 bridgehead atoms. The molecule has 1 fully saturated rings. The fourth-order valence-electron chi connectivity index (χ4n) is 1.63. The van der Waals surface area contributed by atoms with Crippen LogP contribution in [0.2, 0.25) is 0 Å². The first kappa shape index (κ1) is 10.5. The van der Waals surface area contributed by atoms with Gasteiger partial charge in [0, 0.05) is 29.2 Å². The molecule has 0 saturated carbocycles. The summed E-state index contributed by atoms with van der Waals surface area (Å²) in [6.07, 6.45) is 3.70. The van der Waals surface area contributed by atoms with Crippen LogP contribution in [0.15, 0.2) is 6.20 Å². The van der Waals surface area contributed by atoms with Crippen molar-refractivity contribution in [1.29, 1.82) is 0 Å². The number of rotatable bonds is 3. The maximum atomic E-state index is 9.26. The van der Waals surface area contributed by atoms with Gasteiger partial charge in [-0.25, -0.2) is 4.98 Å². The van der Waals surface area contributed by atoms with Gasteiger partial charge in [-0.3, -0.25) is 0 Å². The van der Waals surface area contributed by atoms with Crippen molar-refractivity contribution in [2.75, 3.05) is 11.5 Å². The van der Waals surface area contributed by atoms with Gasteiger partial charge in [0.15, 0.2) is 0 Å². The Morgan fingerprint density at radius 3 is 3.21 bits per heavy atom. The zero-order valence-corrected chi connectivity index (χ0v) is 9.90. The van der Waals surface area contributed by atoms with Gasteiger partial charge in [0.25, 0.3) is 0 Å². The van der Waals surface area contributed by atoms with E-state index in [1.54, 1.807) is 11.3 Å². The molecule has 2 unspecified atom stereocenters. The third-order valence-electron chi connectivity index (χ3n) is 2.35. The average Bonchev–Trinajstić information content (AvgIpc) is 2.69. The Morgan fingerprint density at radius 2 is 2.57 bits per heavy atom. The molecule has 0 aromatic carbocycles. The Labute approximate surface area is 92.8 Å². The first-order valence-corrected chi connectivity index (χ1v) is 6.93. The van der Waals surface area contributed by atoms with Crippen LogP contribution in [0.1, 0.15) is 29.1 Å². The van der Waals surface area contributed by atoms with Crippen molar-refractivity contribution >= 4 is 23.1 Å². The number of aliphatic hydroxyl groups is 1. The predicted molar refractivity (Wildman–Crippen MR) is 62.2 cm³/mol. The van der Waals surface area contributed by atoms with Crippen LogP contribution in [-0.4, -0.2) is 27.7 Å². The number of thiazole rings is 1. The minimum atomic E-state index is -0.249. The van der Waals surface area contributed by atoms with E-state index in [1.165, 1.54) is 27.8 Å². The molecule has 2 rings (SSSR count). The molecule has 1 aromatic rings. The molecule has 1 aliphatic rings. The molecule has 78 valence electrons. The lowest BCUT2D eigenvalue weighted by Gasteiger charge is -2.02. The topological polar surface area (TPSA) is 33.1 Å². The lowest BCUT2D eigenvalue weighted by molar-refractivity contribution is 0.196. The second-order valence-corrected chi connectivity index (χ2v) is 6.08. The monoisotopic (exact) mass is 229 g/mol. The second kappa shape index (κ2) is 4.64. The predicted octanol–water partition coefficient (Wildman–Crippen LogP) is 2.29. The summed E-state index contributed by atoms with van der Waals surface area (Å²) in [6.45, 7) is 1.82. The van der Waals surface area contributed by atoms with Gasteiger partial charge in [-0.2, -0.15) is 11.8 Å². The molecule has 0 amide bonds. The van der Waals surface area contributed by atoms with E-state index in [-0.39, 0.29) is 6.10 Å². The maximum absolute atomic E-state index is 9.26. The smallest absolute Gasteiger partial charge is 0.0967 e. The van der Waals surface area contributed by atoms with Gasteiger partial charge in [-0.05, 0) is 19.1 Å². The van der Waals surface area contributed by atoms with Crippen LogP contribution in [0.25, 0.3) is 0 Å². The highest BCUT2D eigenvalue weighted by Gasteiger charge is 2.20. The van der Waals surface area contributed by atoms with E-state index in [4.69, 9.17) is 0 Å². The van der Waals surface area contributed by atoms with Crippen molar-refractivity contribution in [2.24, 2.45) is 0 Å². The molecule has 1 saturated heterocycles. The molecular weight excluding hydrogens is 214 g/mol. The molecule has 14 heavy (non-hydrogen) atoms. The molecular formula is C10H15NOS2. The Kier molecular flexibility index (Phi) is 3.47. The van der Waals surface area contributed by atoms with Crippen LogP contribution in [0, 0.1) is 0 Å². The van der Waals surface area contributed by atoms with E-state index < -0.39 is 0 Å². The molecule has 1 aromatic heterocycles. The second-order valence-electron chi connectivity index (χ2n) is 3.78. The van der Waals surface area contributed by atoms with Gasteiger partial charge in [0.05, 0.1) is 11.1 Å². The van der Waals surface area contributed by atoms with Gasteiger partial charge in [-0.1, -0.05) is 0 Å². The van der Waals surface area contributed by atoms with Gasteiger partial charge < -0.3 is 5.11 Å². The van der Waals surface area contributed by atoms with Crippen molar-refractivity contribution in [3.63, 3.8) is 0 Å². The number of nitrogens with zero attached hydrogens (tertiary/aromatic N) is 1. The number of thioether (sulfide) groups is 1. The maximum Gasteiger partial charge on any atom is 0.0967 e. The highest BCUT2D eigenvalue weighted by atomic mass is 32.2. The zero-order chi connectivity index (χ0) is 9.97. The summed E-state index contributed by atoms with van der Waals surface area (Å²) < 4.78 is 0. The van der Waals surface area contributed by atoms with E-state index in [9.17, 15) is 5.11 Å². The molecule has 0 aliphatic carbocycles. The summed E-state index contributed by atoms with van der Waals surface area (Å²) in [5.74, 6) is 3.17. The fraction of sp³-hybridized carbons (Fsp3) is 0.700. The quantitative estimate of drug-likeness (QED) is 0.863. The summed E-state index contributed by atoms with van der Waals surface area (Å²) in [5.41, 5.74) is 0. The SMILES string of the molecule is CC(O)Cc1cnc(C2CCSC2)s1. The summed E-state index contributed by atoms with van der Waals surface area (Å²) in [6, 6.07) is 0. The molecule has 1 N–H and O–H groups in total. The van der Waals surface area contributed by atoms with Crippen molar-refractivity contribution in [2.45, 2.75) is 31.8 Å². The molecule has 2 atom stereocenters. The van der Waals surface area contributed by atoms with E-state index in [1.807, 2.05) is 24.9 Å². The third kappa shape index (κ3) is 2.49. The Bertz CT molecular complexity index is 292. The third-order valence-corrected chi connectivity index (χ3v) is 4.69. The molecule has 0 spiro atoms. The Morgan fingerprint density at radius 1 is 1.71 bits per heavy atom. The molecule has 0 radical (unpaired) electrons. The van der Waals surface area contributed by atoms with Crippen molar-refractivity contribution in [1.82, 2.24) is 4.98 Å². The standard InChI is InChI=1S/C10H15NOS2/c1-7(12)4-9-5-11-10(14-9)8-2-3-13-6-8/h5,7-8,12H,2-4,6H2,1H3. The lowest BCUT2D eigenvalue weighted by Crippen LogP contribution is -2.01. The number of hydrogen-bond donors (Lipinski definition) is 1. The van der Waals surface area contributed by atoms with E-state index in [2.05, 4.69) is 4.98 Å². The molecule has 1 aliphatic heterocycles. The number of aliphatic hydroxyl groups excluding tert-OH is 1. The summed E-state index contributed by atoms with van der Waals surface area (Å²) in [7, 11) is 0. The first-order chi connectivity index (χ1) is 6.75. The van der Waals surface area contributed by atoms with E-state index in [0.29, 0.717) is 5.92 Å². The minimum absolute atomic E-state index is 0.249. The summed E-state index contributed by atoms with van der Waals surface area (Å²) >= 11 is 3.79. The van der Waals surface area contributed by atoms with Crippen LogP contribution in [-0.2, 0) is 6.42 Å². The van der Waals surface area contributed by atoms with Crippen molar-refractivity contribution in [3.8, 4) is 0 Å². The molecule has 2 nitrogen and oxygen atoms in total. The molecule has 2 heterocycles. The van der Waals surface area contributed by atoms with Crippen LogP contribution >= 0.6 is 23.1 Å². The molecule has 4 heteroatoms. The van der Waals surface area contributed by atoms with Gasteiger partial charge in [0.1, 0.15) is 0 Å². The first-order valence-electron chi connectivity index (χ1n) is 4.96. The van der Waals surface area contributed by atoms with Gasteiger partial charge >= 0.3 is 0 Å². The normalized spacial score (nSPS) is 24.0. The lowest BCUT2D eigenvalue weighted by atomic mass is 10.1. The Balaban J connectivity index is 2.01. The largest absolute Gasteiger partial charge is 0.393 e. The number of hydrogen-bond acceptors (Lipinski definition) is 4. The highest BCUT2D eigenvalue weighted by Crippen LogP contribution is 2.34. The zero-order valence-electron chi connectivity index (χ0n) is 8.27. The fourth-order valence-corrected chi connectivity index (χ4v) is 4.13. The Hall–Kier alpha value is -0.0600. The van der Waals surface area contributed by atoms with Crippen LogP contribution in [0.5, 0.6) is 0 Å². The van der Waals surface area contributed by atoms with E-state index in [0.717, 1.165) is 6.42 Å². The number of aromatic nitrogens is 1. The van der Waals surface area contributed by atoms with Crippen molar-refractivity contribution in [3.05, 3.63) is 16.1 Å². The van der Waals surface area contributed by atoms with Crippen molar-refractivity contribution < 1.29 is 5.11 Å². The van der Waals surface area contributed by atoms with Gasteiger partial charge in [-0.15, -0.1) is 11.3 Å².